The van der Waals surface area contributed by atoms with Gasteiger partial charge in [0.05, 0.1) is 15.5 Å². The molecule has 4 aromatic rings. The number of H-pyrrole nitrogens is 1. The lowest BCUT2D eigenvalue weighted by Gasteiger charge is -2.30. The minimum absolute atomic E-state index is 0.0283. The van der Waals surface area contributed by atoms with E-state index in [4.69, 9.17) is 11.6 Å². The maximum Gasteiger partial charge on any atom is 0.270 e. The summed E-state index contributed by atoms with van der Waals surface area (Å²) in [5.41, 5.74) is 4.09. The molecule has 0 spiro atoms. The Kier molecular flexibility index (Phi) is 9.29. The van der Waals surface area contributed by atoms with E-state index in [1.807, 2.05) is 81.5 Å². The lowest BCUT2D eigenvalue weighted by atomic mass is 10.1. The molecule has 0 saturated carbocycles. The second kappa shape index (κ2) is 12.9. The molecule has 10 heteroatoms. The van der Waals surface area contributed by atoms with E-state index in [9.17, 15) is 19.7 Å². The predicted molar refractivity (Wildman–Crippen MR) is 162 cm³/mol. The van der Waals surface area contributed by atoms with Gasteiger partial charge in [0.25, 0.3) is 11.6 Å². The Morgan fingerprint density at radius 3 is 2.37 bits per heavy atom. The summed E-state index contributed by atoms with van der Waals surface area (Å²) in [4.78, 5) is 46.4. The van der Waals surface area contributed by atoms with Crippen molar-refractivity contribution in [2.45, 2.75) is 32.9 Å². The molecule has 0 unspecified atom stereocenters. The molecule has 1 heterocycles. The fourth-order valence-electron chi connectivity index (χ4n) is 4.69. The fraction of sp³-hybridized carbons (Fsp3) is 0.290. The van der Waals surface area contributed by atoms with Crippen molar-refractivity contribution in [1.29, 1.82) is 0 Å². The van der Waals surface area contributed by atoms with Crippen LogP contribution in [0.2, 0.25) is 5.02 Å². The van der Waals surface area contributed by atoms with Crippen molar-refractivity contribution < 1.29 is 14.5 Å². The third kappa shape index (κ3) is 7.05. The molecule has 0 aliphatic heterocycles. The molecule has 0 aliphatic rings. The highest BCUT2D eigenvalue weighted by Crippen LogP contribution is 2.25. The van der Waals surface area contributed by atoms with Gasteiger partial charge in [0.15, 0.2) is 0 Å². The number of nitrogens with one attached hydrogen (secondary N) is 1. The summed E-state index contributed by atoms with van der Waals surface area (Å²) in [5.74, 6) is -0.665. The molecule has 0 saturated heterocycles. The summed E-state index contributed by atoms with van der Waals surface area (Å²) >= 11 is 6.26. The van der Waals surface area contributed by atoms with Crippen molar-refractivity contribution in [3.8, 4) is 0 Å². The largest absolute Gasteiger partial charge is 0.378 e. The normalized spacial score (nSPS) is 11.1. The Balaban J connectivity index is 1.57. The number of nitro benzene ring substituents is 1. The van der Waals surface area contributed by atoms with Gasteiger partial charge < -0.3 is 19.7 Å². The molecule has 1 N–H and O–H groups in total. The van der Waals surface area contributed by atoms with Crippen LogP contribution in [0.4, 0.5) is 11.4 Å². The molecule has 9 nitrogen and oxygen atoms in total. The first-order valence-corrected chi connectivity index (χ1v) is 13.8. The number of rotatable bonds is 11. The number of aromatic amines is 1. The lowest BCUT2D eigenvalue weighted by Crippen LogP contribution is -2.46. The highest BCUT2D eigenvalue weighted by Gasteiger charge is 2.27. The number of aromatic nitrogens is 1. The van der Waals surface area contributed by atoms with E-state index < -0.39 is 10.8 Å². The Bertz CT molecular complexity index is 1550. The number of para-hydroxylation sites is 1. The number of halogens is 1. The number of anilines is 1. The average molecular weight is 576 g/mol. The number of carbonyl (C=O) groups is 2. The predicted octanol–water partition coefficient (Wildman–Crippen LogP) is 5.92. The van der Waals surface area contributed by atoms with Crippen molar-refractivity contribution in [2.75, 3.05) is 32.1 Å². The maximum absolute atomic E-state index is 13.8. The zero-order valence-corrected chi connectivity index (χ0v) is 24.4. The highest BCUT2D eigenvalue weighted by atomic mass is 35.5. The van der Waals surface area contributed by atoms with Crippen LogP contribution in [0, 0.1) is 10.1 Å². The highest BCUT2D eigenvalue weighted by molar-refractivity contribution is 6.34. The monoisotopic (exact) mass is 575 g/mol. The number of nitrogens with zero attached hydrogens (tertiary/aromatic N) is 4. The SMILES string of the molecule is CC(C)N(CC(=O)N(CCc1c[nH]c2ccccc12)Cc1ccc(N(C)C)cc1)C(=O)c1ccc([N+](=O)[O-])cc1Cl. The van der Waals surface area contributed by atoms with E-state index in [0.29, 0.717) is 19.5 Å². The Morgan fingerprint density at radius 1 is 1.02 bits per heavy atom. The molecule has 2 amide bonds. The van der Waals surface area contributed by atoms with Crippen molar-refractivity contribution >= 4 is 45.7 Å². The number of nitro groups is 1. The number of amides is 2. The summed E-state index contributed by atoms with van der Waals surface area (Å²) in [5, 5.41) is 12.2. The van der Waals surface area contributed by atoms with E-state index in [1.165, 1.54) is 17.0 Å². The van der Waals surface area contributed by atoms with Crippen molar-refractivity contribution in [1.82, 2.24) is 14.8 Å². The summed E-state index contributed by atoms with van der Waals surface area (Å²) in [6, 6.07) is 19.5. The lowest BCUT2D eigenvalue weighted by molar-refractivity contribution is -0.384. The Labute approximate surface area is 244 Å². The molecule has 0 radical (unpaired) electrons. The number of benzene rings is 3. The van der Waals surface area contributed by atoms with Gasteiger partial charge in [0.1, 0.15) is 6.54 Å². The average Bonchev–Trinajstić information content (AvgIpc) is 3.36. The Morgan fingerprint density at radius 2 is 1.73 bits per heavy atom. The maximum atomic E-state index is 13.8. The van der Waals surface area contributed by atoms with E-state index in [-0.39, 0.29) is 34.8 Å². The van der Waals surface area contributed by atoms with Gasteiger partial charge in [-0.05, 0) is 55.7 Å². The van der Waals surface area contributed by atoms with E-state index in [1.54, 1.807) is 4.90 Å². The van der Waals surface area contributed by atoms with Gasteiger partial charge in [0, 0.05) is 68.1 Å². The van der Waals surface area contributed by atoms with Crippen molar-refractivity contribution in [3.63, 3.8) is 0 Å². The zero-order valence-electron chi connectivity index (χ0n) is 23.6. The topological polar surface area (TPSA) is 103 Å². The number of hydrogen-bond donors (Lipinski definition) is 1. The van der Waals surface area contributed by atoms with Gasteiger partial charge in [-0.15, -0.1) is 0 Å². The minimum Gasteiger partial charge on any atom is -0.378 e. The Hall–Kier alpha value is -4.37. The first kappa shape index (κ1) is 29.6. The van der Waals surface area contributed by atoms with Crippen LogP contribution >= 0.6 is 11.6 Å². The van der Waals surface area contributed by atoms with Crippen LogP contribution in [0.15, 0.2) is 72.9 Å². The first-order valence-electron chi connectivity index (χ1n) is 13.4. The number of hydrogen-bond acceptors (Lipinski definition) is 5. The molecule has 4 rings (SSSR count). The second-order valence-corrected chi connectivity index (χ2v) is 10.8. The molecule has 0 atom stereocenters. The number of carbonyl (C=O) groups excluding carboxylic acids is 2. The molecule has 0 aliphatic carbocycles. The molecule has 214 valence electrons. The molecular weight excluding hydrogens is 542 g/mol. The summed E-state index contributed by atoms with van der Waals surface area (Å²) in [6.07, 6.45) is 2.61. The van der Waals surface area contributed by atoms with Gasteiger partial charge in [0.2, 0.25) is 5.91 Å². The standard InChI is InChI=1S/C31H34ClN5O4/c1-21(2)36(31(39)27-14-13-25(37(40)41)17-28(27)32)20-30(38)35(19-22-9-11-24(12-10-22)34(3)4)16-15-23-18-33-29-8-6-5-7-26(23)29/h5-14,17-18,21,33H,15-16,19-20H2,1-4H3. The van der Waals surface area contributed by atoms with Crippen molar-refractivity contribution in [3.05, 3.63) is 105 Å². The fourth-order valence-corrected chi connectivity index (χ4v) is 4.94. The quantitative estimate of drug-likeness (QED) is 0.177. The van der Waals surface area contributed by atoms with Crippen LogP contribution in [0.1, 0.15) is 35.3 Å². The van der Waals surface area contributed by atoms with Gasteiger partial charge in [-0.3, -0.25) is 19.7 Å². The van der Waals surface area contributed by atoms with Crippen LogP contribution in [0.25, 0.3) is 10.9 Å². The van der Waals surface area contributed by atoms with Crippen LogP contribution in [0.3, 0.4) is 0 Å². The molecular formula is C31H34ClN5O4. The third-order valence-electron chi connectivity index (χ3n) is 7.09. The van der Waals surface area contributed by atoms with Crippen LogP contribution in [-0.4, -0.2) is 64.7 Å². The summed E-state index contributed by atoms with van der Waals surface area (Å²) in [7, 11) is 3.95. The van der Waals surface area contributed by atoms with E-state index >= 15 is 0 Å². The minimum atomic E-state index is -0.569. The first-order chi connectivity index (χ1) is 19.5. The molecule has 0 fully saturated rings. The van der Waals surface area contributed by atoms with E-state index in [2.05, 4.69) is 11.1 Å². The van der Waals surface area contributed by atoms with Crippen LogP contribution < -0.4 is 4.90 Å². The number of non-ortho nitro benzene ring substituents is 1. The smallest absolute Gasteiger partial charge is 0.270 e. The molecule has 41 heavy (non-hydrogen) atoms. The van der Waals surface area contributed by atoms with Gasteiger partial charge in [-0.2, -0.15) is 0 Å². The second-order valence-electron chi connectivity index (χ2n) is 10.4. The number of fused-ring (bicyclic) bond motifs is 1. The zero-order chi connectivity index (χ0) is 29.7. The molecule has 0 bridgehead atoms. The summed E-state index contributed by atoms with van der Waals surface area (Å²) in [6.45, 7) is 4.32. The molecule has 3 aromatic carbocycles. The van der Waals surface area contributed by atoms with Gasteiger partial charge in [-0.25, -0.2) is 0 Å². The summed E-state index contributed by atoms with van der Waals surface area (Å²) < 4.78 is 0. The molecule has 1 aromatic heterocycles. The van der Waals surface area contributed by atoms with Crippen molar-refractivity contribution in [2.24, 2.45) is 0 Å². The van der Waals surface area contributed by atoms with Gasteiger partial charge in [-0.1, -0.05) is 41.9 Å². The van der Waals surface area contributed by atoms with E-state index in [0.717, 1.165) is 33.8 Å². The van der Waals surface area contributed by atoms with Crippen LogP contribution in [0.5, 0.6) is 0 Å². The van der Waals surface area contributed by atoms with Gasteiger partial charge >= 0.3 is 0 Å². The van der Waals surface area contributed by atoms with Crippen LogP contribution in [-0.2, 0) is 17.8 Å². The third-order valence-corrected chi connectivity index (χ3v) is 7.40.